The Bertz CT molecular complexity index is 775. The highest BCUT2D eigenvalue weighted by Crippen LogP contribution is 2.37. The molecule has 1 aromatic rings. The first kappa shape index (κ1) is 18.3. The van der Waals surface area contributed by atoms with Crippen molar-refractivity contribution < 1.29 is 33.1 Å². The van der Waals surface area contributed by atoms with E-state index in [0.717, 1.165) is 31.3 Å². The number of nitro benzene ring substituents is 1. The molecule has 1 aliphatic rings. The van der Waals surface area contributed by atoms with Crippen molar-refractivity contribution in [3.05, 3.63) is 44.9 Å². The number of carbonyl (C=O) groups excluding carboxylic acids is 2. The molecular formula is C15H15FN2O7. The lowest BCUT2D eigenvalue weighted by molar-refractivity contribution is -0.384. The molecule has 1 aromatic carbocycles. The number of carbonyl (C=O) groups is 2. The van der Waals surface area contributed by atoms with E-state index in [1.165, 1.54) is 6.92 Å². The highest BCUT2D eigenvalue weighted by molar-refractivity contribution is 6.04. The molecule has 0 bridgehead atoms. The molecule has 0 saturated heterocycles. The first-order valence-corrected chi connectivity index (χ1v) is 7.01. The van der Waals surface area contributed by atoms with Gasteiger partial charge < -0.3 is 19.1 Å². The summed E-state index contributed by atoms with van der Waals surface area (Å²) in [5, 5.41) is 11.3. The van der Waals surface area contributed by atoms with E-state index < -0.39 is 28.4 Å². The summed E-state index contributed by atoms with van der Waals surface area (Å²) in [6.07, 6.45) is 0. The van der Waals surface area contributed by atoms with E-state index in [1.54, 1.807) is 0 Å². The van der Waals surface area contributed by atoms with Gasteiger partial charge in [-0.3, -0.25) is 10.1 Å². The van der Waals surface area contributed by atoms with Crippen molar-refractivity contribution >= 4 is 23.3 Å². The van der Waals surface area contributed by atoms with Crippen molar-refractivity contribution in [3.8, 4) is 0 Å². The van der Waals surface area contributed by atoms with Crippen LogP contribution in [0, 0.1) is 22.9 Å². The molecule has 10 heteroatoms. The summed E-state index contributed by atoms with van der Waals surface area (Å²) in [5.74, 6) is -2.54. The molecule has 0 unspecified atom stereocenters. The molecule has 0 N–H and O–H groups in total. The van der Waals surface area contributed by atoms with E-state index in [0.29, 0.717) is 0 Å². The number of aryl methyl sites for hydroxylation is 1. The fraction of sp³-hybridized carbons (Fsp3) is 0.333. The average molecular weight is 354 g/mol. The summed E-state index contributed by atoms with van der Waals surface area (Å²) >= 11 is 0. The van der Waals surface area contributed by atoms with Crippen LogP contribution in [0.2, 0.25) is 0 Å². The van der Waals surface area contributed by atoms with Crippen molar-refractivity contribution in [2.45, 2.75) is 6.92 Å². The van der Waals surface area contributed by atoms with Crippen LogP contribution in [0.4, 0.5) is 15.8 Å². The summed E-state index contributed by atoms with van der Waals surface area (Å²) in [6, 6.07) is 1.80. The zero-order valence-corrected chi connectivity index (χ0v) is 13.7. The van der Waals surface area contributed by atoms with Crippen molar-refractivity contribution in [1.29, 1.82) is 0 Å². The lowest BCUT2D eigenvalue weighted by Gasteiger charge is -2.31. The number of nitro groups is 1. The van der Waals surface area contributed by atoms with E-state index in [2.05, 4.69) is 9.47 Å². The number of hydrogen-bond donors (Lipinski definition) is 0. The average Bonchev–Trinajstić information content (AvgIpc) is 2.59. The molecule has 0 aromatic heterocycles. The summed E-state index contributed by atoms with van der Waals surface area (Å²) in [4.78, 5) is 35.8. The fourth-order valence-corrected chi connectivity index (χ4v) is 2.53. The molecule has 0 radical (unpaired) electrons. The van der Waals surface area contributed by atoms with Crippen LogP contribution in [0.3, 0.4) is 0 Å². The molecule has 0 atom stereocenters. The van der Waals surface area contributed by atoms with Gasteiger partial charge in [-0.15, -0.1) is 0 Å². The van der Waals surface area contributed by atoms with Crippen LogP contribution in [0.1, 0.15) is 5.56 Å². The Labute approximate surface area is 141 Å². The largest absolute Gasteiger partial charge is 0.466 e. The number of hydrogen-bond acceptors (Lipinski definition) is 8. The number of halogens is 1. The standard InChI is InChI=1S/C15H15FN2O7/c1-8-4-9(16)5-11(18(21)22)12(8)17-7-25-6-10(14(19)23-2)13(17)15(20)24-3/h4-5H,6-7H2,1-3H3. The molecule has 0 amide bonds. The summed E-state index contributed by atoms with van der Waals surface area (Å²) < 4.78 is 28.2. The monoisotopic (exact) mass is 354 g/mol. The van der Waals surface area contributed by atoms with Gasteiger partial charge in [0.2, 0.25) is 0 Å². The van der Waals surface area contributed by atoms with E-state index in [-0.39, 0.29) is 35.9 Å². The first-order valence-electron chi connectivity index (χ1n) is 7.01. The molecule has 1 aliphatic heterocycles. The van der Waals surface area contributed by atoms with Gasteiger partial charge in [0.15, 0.2) is 0 Å². The van der Waals surface area contributed by atoms with Crippen molar-refractivity contribution in [3.63, 3.8) is 0 Å². The molecule has 0 spiro atoms. The normalized spacial score (nSPS) is 14.3. The molecule has 2 rings (SSSR count). The number of rotatable bonds is 4. The summed E-state index contributed by atoms with van der Waals surface area (Å²) in [7, 11) is 2.22. The van der Waals surface area contributed by atoms with Gasteiger partial charge in [-0.05, 0) is 18.6 Å². The van der Waals surface area contributed by atoms with Crippen molar-refractivity contribution in [1.82, 2.24) is 0 Å². The van der Waals surface area contributed by atoms with E-state index >= 15 is 0 Å². The Morgan fingerprint density at radius 2 is 1.92 bits per heavy atom. The number of esters is 2. The predicted molar refractivity (Wildman–Crippen MR) is 82.1 cm³/mol. The Balaban J connectivity index is 2.74. The predicted octanol–water partition coefficient (Wildman–Crippen LogP) is 1.44. The van der Waals surface area contributed by atoms with Gasteiger partial charge in [0, 0.05) is 0 Å². The third-order valence-electron chi connectivity index (χ3n) is 3.54. The minimum absolute atomic E-state index is 0.0760. The molecule has 0 aliphatic carbocycles. The van der Waals surface area contributed by atoms with Gasteiger partial charge in [0.1, 0.15) is 23.9 Å². The SMILES string of the molecule is COC(=O)C1=C(C(=O)OC)N(c2c(C)cc(F)cc2[N+](=O)[O-])COC1. The highest BCUT2D eigenvalue weighted by atomic mass is 19.1. The lowest BCUT2D eigenvalue weighted by Crippen LogP contribution is -2.39. The third-order valence-corrected chi connectivity index (χ3v) is 3.54. The maximum Gasteiger partial charge on any atom is 0.355 e. The first-order chi connectivity index (χ1) is 11.8. The lowest BCUT2D eigenvalue weighted by atomic mass is 10.1. The third kappa shape index (κ3) is 3.43. The number of methoxy groups -OCH3 is 2. The maximum absolute atomic E-state index is 13.6. The molecular weight excluding hydrogens is 339 g/mol. The van der Waals surface area contributed by atoms with Crippen molar-refractivity contribution in [2.75, 3.05) is 32.5 Å². The molecule has 1 heterocycles. The fourth-order valence-electron chi connectivity index (χ4n) is 2.53. The van der Waals surface area contributed by atoms with Crippen LogP contribution in [0.5, 0.6) is 0 Å². The van der Waals surface area contributed by atoms with Gasteiger partial charge in [0.25, 0.3) is 5.69 Å². The molecule has 0 fully saturated rings. The minimum Gasteiger partial charge on any atom is -0.466 e. The second-order valence-corrected chi connectivity index (χ2v) is 5.06. The van der Waals surface area contributed by atoms with Crippen LogP contribution >= 0.6 is 0 Å². The van der Waals surface area contributed by atoms with Crippen LogP contribution in [-0.2, 0) is 23.8 Å². The Morgan fingerprint density at radius 1 is 1.28 bits per heavy atom. The summed E-state index contributed by atoms with van der Waals surface area (Å²) in [6.45, 7) is 0.937. The van der Waals surface area contributed by atoms with Crippen LogP contribution in [-0.4, -0.2) is 44.4 Å². The highest BCUT2D eigenvalue weighted by Gasteiger charge is 2.36. The van der Waals surface area contributed by atoms with Crippen LogP contribution in [0.25, 0.3) is 0 Å². The smallest absolute Gasteiger partial charge is 0.355 e. The molecule has 0 saturated carbocycles. The zero-order valence-electron chi connectivity index (χ0n) is 13.7. The van der Waals surface area contributed by atoms with E-state index in [9.17, 15) is 24.1 Å². The van der Waals surface area contributed by atoms with Gasteiger partial charge in [-0.2, -0.15) is 0 Å². The van der Waals surface area contributed by atoms with Crippen LogP contribution < -0.4 is 4.90 Å². The minimum atomic E-state index is -0.901. The van der Waals surface area contributed by atoms with Gasteiger partial charge >= 0.3 is 11.9 Å². The van der Waals surface area contributed by atoms with Gasteiger partial charge in [-0.1, -0.05) is 0 Å². The van der Waals surface area contributed by atoms with Gasteiger partial charge in [0.05, 0.1) is 37.4 Å². The van der Waals surface area contributed by atoms with Crippen molar-refractivity contribution in [2.24, 2.45) is 0 Å². The Morgan fingerprint density at radius 3 is 2.48 bits per heavy atom. The second-order valence-electron chi connectivity index (χ2n) is 5.06. The number of anilines is 1. The maximum atomic E-state index is 13.6. The number of ether oxygens (including phenoxy) is 3. The topological polar surface area (TPSA) is 108 Å². The number of benzene rings is 1. The quantitative estimate of drug-likeness (QED) is 0.454. The van der Waals surface area contributed by atoms with E-state index in [4.69, 9.17) is 4.74 Å². The van der Waals surface area contributed by atoms with E-state index in [1.807, 2.05) is 0 Å². The van der Waals surface area contributed by atoms with Gasteiger partial charge in [-0.25, -0.2) is 14.0 Å². The summed E-state index contributed by atoms with van der Waals surface area (Å²) in [5.41, 5.74) is -0.874. The molecule has 134 valence electrons. The molecule has 25 heavy (non-hydrogen) atoms. The second kappa shape index (κ2) is 7.26. The Kier molecular flexibility index (Phi) is 5.32. The number of nitrogens with zero attached hydrogens (tertiary/aromatic N) is 2. The van der Waals surface area contributed by atoms with Crippen LogP contribution in [0.15, 0.2) is 23.4 Å². The molecule has 9 nitrogen and oxygen atoms in total. The zero-order chi connectivity index (χ0) is 18.7. The Hall–Kier alpha value is -3.01.